The van der Waals surface area contributed by atoms with Crippen molar-refractivity contribution in [2.45, 2.75) is 25.8 Å². The van der Waals surface area contributed by atoms with E-state index in [4.69, 9.17) is 4.74 Å². The SMILES string of the molecule is CCN1CCN(C(=O)Cc2cccc(OC)c2)[C@H](Cc2ccccc2-c2ccncc2)C1=O. The summed E-state index contributed by atoms with van der Waals surface area (Å²) in [5.41, 5.74) is 4.02. The minimum atomic E-state index is -0.528. The van der Waals surface area contributed by atoms with Crippen LogP contribution in [0.15, 0.2) is 73.1 Å². The molecule has 0 spiro atoms. The fraction of sp³-hybridized carbons (Fsp3) is 0.296. The van der Waals surface area contributed by atoms with Crippen LogP contribution in [0.3, 0.4) is 0 Å². The summed E-state index contributed by atoms with van der Waals surface area (Å²) < 4.78 is 5.29. The number of amides is 2. The molecule has 1 aromatic heterocycles. The second kappa shape index (κ2) is 10.3. The van der Waals surface area contributed by atoms with Crippen molar-refractivity contribution in [3.05, 3.63) is 84.2 Å². The molecule has 33 heavy (non-hydrogen) atoms. The number of nitrogens with zero attached hydrogens (tertiary/aromatic N) is 3. The second-order valence-electron chi connectivity index (χ2n) is 8.15. The first-order chi connectivity index (χ1) is 16.1. The number of rotatable bonds is 7. The van der Waals surface area contributed by atoms with E-state index >= 15 is 0 Å². The zero-order chi connectivity index (χ0) is 23.2. The molecule has 0 radical (unpaired) electrons. The Morgan fingerprint density at radius 3 is 2.61 bits per heavy atom. The highest BCUT2D eigenvalue weighted by Crippen LogP contribution is 2.27. The molecule has 0 saturated carbocycles. The van der Waals surface area contributed by atoms with Gasteiger partial charge in [0.1, 0.15) is 11.8 Å². The van der Waals surface area contributed by atoms with Crippen molar-refractivity contribution in [2.75, 3.05) is 26.7 Å². The minimum Gasteiger partial charge on any atom is -0.497 e. The first-order valence-electron chi connectivity index (χ1n) is 11.3. The summed E-state index contributed by atoms with van der Waals surface area (Å²) in [5, 5.41) is 0. The molecule has 6 heteroatoms. The van der Waals surface area contributed by atoms with Gasteiger partial charge >= 0.3 is 0 Å². The quantitative estimate of drug-likeness (QED) is 0.560. The summed E-state index contributed by atoms with van der Waals surface area (Å²) in [6, 6.07) is 19.0. The van der Waals surface area contributed by atoms with Crippen LogP contribution in [-0.2, 0) is 22.4 Å². The first-order valence-corrected chi connectivity index (χ1v) is 11.3. The molecule has 2 aromatic carbocycles. The van der Waals surface area contributed by atoms with Gasteiger partial charge in [0.2, 0.25) is 11.8 Å². The lowest BCUT2D eigenvalue weighted by Gasteiger charge is -2.40. The Bertz CT molecular complexity index is 1120. The number of piperazine rings is 1. The van der Waals surface area contributed by atoms with Crippen molar-refractivity contribution in [3.8, 4) is 16.9 Å². The largest absolute Gasteiger partial charge is 0.497 e. The molecule has 1 aliphatic rings. The molecule has 4 rings (SSSR count). The highest BCUT2D eigenvalue weighted by atomic mass is 16.5. The van der Waals surface area contributed by atoms with E-state index in [9.17, 15) is 9.59 Å². The Kier molecular flexibility index (Phi) is 7.03. The van der Waals surface area contributed by atoms with Crippen LogP contribution in [0.25, 0.3) is 11.1 Å². The number of likely N-dealkylation sites (N-methyl/N-ethyl adjacent to an activating group) is 1. The monoisotopic (exact) mass is 443 g/mol. The van der Waals surface area contributed by atoms with E-state index in [1.165, 1.54) is 0 Å². The summed E-state index contributed by atoms with van der Waals surface area (Å²) in [4.78, 5) is 34.5. The van der Waals surface area contributed by atoms with Gasteiger partial charge < -0.3 is 14.5 Å². The summed E-state index contributed by atoms with van der Waals surface area (Å²) in [7, 11) is 1.61. The molecule has 1 atom stereocenters. The molecule has 6 nitrogen and oxygen atoms in total. The van der Waals surface area contributed by atoms with Gasteiger partial charge in [0.15, 0.2) is 0 Å². The number of methoxy groups -OCH3 is 1. The molecule has 0 unspecified atom stereocenters. The van der Waals surface area contributed by atoms with Crippen molar-refractivity contribution in [2.24, 2.45) is 0 Å². The molecule has 0 N–H and O–H groups in total. The molecular formula is C27H29N3O3. The lowest BCUT2D eigenvalue weighted by atomic mass is 9.93. The molecule has 0 bridgehead atoms. The molecule has 1 aliphatic heterocycles. The van der Waals surface area contributed by atoms with Crippen molar-refractivity contribution >= 4 is 11.8 Å². The van der Waals surface area contributed by atoms with E-state index in [0.717, 1.165) is 28.0 Å². The van der Waals surface area contributed by atoms with Crippen LogP contribution in [0.4, 0.5) is 0 Å². The lowest BCUT2D eigenvalue weighted by molar-refractivity contribution is -0.150. The number of carbonyl (C=O) groups is 2. The number of carbonyl (C=O) groups excluding carboxylic acids is 2. The maximum atomic E-state index is 13.4. The molecule has 1 saturated heterocycles. The Morgan fingerprint density at radius 1 is 1.06 bits per heavy atom. The summed E-state index contributed by atoms with van der Waals surface area (Å²) in [6.45, 7) is 3.71. The Morgan fingerprint density at radius 2 is 1.85 bits per heavy atom. The average Bonchev–Trinajstić information content (AvgIpc) is 2.86. The minimum absolute atomic E-state index is 0.00673. The average molecular weight is 444 g/mol. The molecule has 1 fully saturated rings. The Balaban J connectivity index is 1.62. The Labute approximate surface area is 194 Å². The van der Waals surface area contributed by atoms with Crippen LogP contribution in [0.1, 0.15) is 18.1 Å². The zero-order valence-corrected chi connectivity index (χ0v) is 19.1. The fourth-order valence-corrected chi connectivity index (χ4v) is 4.43. The van der Waals surface area contributed by atoms with Crippen LogP contribution in [0.5, 0.6) is 5.75 Å². The molecule has 0 aliphatic carbocycles. The standard InChI is InChI=1S/C27H29N3O3/c1-3-29-15-16-30(26(31)18-20-7-6-9-23(17-20)33-2)25(27(29)32)19-22-8-4-5-10-24(22)21-11-13-28-14-12-21/h4-14,17,25H,3,15-16,18-19H2,1-2H3/t25-/m1/s1. The van der Waals surface area contributed by atoms with Gasteiger partial charge in [0.05, 0.1) is 13.5 Å². The number of hydrogen-bond donors (Lipinski definition) is 0. The Hall–Kier alpha value is -3.67. The van der Waals surface area contributed by atoms with Crippen LogP contribution < -0.4 is 4.74 Å². The molecule has 170 valence electrons. The molecule has 3 aromatic rings. The van der Waals surface area contributed by atoms with Crippen LogP contribution in [-0.4, -0.2) is 59.4 Å². The third kappa shape index (κ3) is 5.06. The van der Waals surface area contributed by atoms with Gasteiger partial charge in [-0.05, 0) is 53.4 Å². The predicted molar refractivity (Wildman–Crippen MR) is 128 cm³/mol. The van der Waals surface area contributed by atoms with Gasteiger partial charge in [-0.15, -0.1) is 0 Å². The van der Waals surface area contributed by atoms with E-state index in [-0.39, 0.29) is 18.2 Å². The number of ether oxygens (including phenoxy) is 1. The summed E-state index contributed by atoms with van der Waals surface area (Å²) >= 11 is 0. The molecule has 2 amide bonds. The fourth-order valence-electron chi connectivity index (χ4n) is 4.43. The van der Waals surface area contributed by atoms with Gasteiger partial charge in [-0.3, -0.25) is 14.6 Å². The van der Waals surface area contributed by atoms with Crippen molar-refractivity contribution in [3.63, 3.8) is 0 Å². The highest BCUT2D eigenvalue weighted by Gasteiger charge is 2.37. The van der Waals surface area contributed by atoms with Gasteiger partial charge in [-0.25, -0.2) is 0 Å². The molecular weight excluding hydrogens is 414 g/mol. The normalized spacial score (nSPS) is 16.1. The van der Waals surface area contributed by atoms with Gasteiger partial charge in [-0.1, -0.05) is 36.4 Å². The van der Waals surface area contributed by atoms with E-state index in [2.05, 4.69) is 11.1 Å². The van der Waals surface area contributed by atoms with Crippen LogP contribution in [0.2, 0.25) is 0 Å². The summed E-state index contributed by atoms with van der Waals surface area (Å²) in [6.07, 6.45) is 4.23. The highest BCUT2D eigenvalue weighted by molar-refractivity contribution is 5.90. The zero-order valence-electron chi connectivity index (χ0n) is 19.1. The number of hydrogen-bond acceptors (Lipinski definition) is 4. The van der Waals surface area contributed by atoms with E-state index in [1.54, 1.807) is 24.4 Å². The van der Waals surface area contributed by atoms with E-state index in [1.807, 2.05) is 66.4 Å². The van der Waals surface area contributed by atoms with Crippen LogP contribution in [0, 0.1) is 0 Å². The van der Waals surface area contributed by atoms with Crippen molar-refractivity contribution in [1.29, 1.82) is 0 Å². The van der Waals surface area contributed by atoms with Gasteiger partial charge in [0.25, 0.3) is 0 Å². The maximum Gasteiger partial charge on any atom is 0.245 e. The number of pyridine rings is 1. The van der Waals surface area contributed by atoms with Crippen LogP contribution >= 0.6 is 0 Å². The maximum absolute atomic E-state index is 13.4. The topological polar surface area (TPSA) is 62.7 Å². The lowest BCUT2D eigenvalue weighted by Crippen LogP contribution is -2.59. The van der Waals surface area contributed by atoms with Gasteiger partial charge in [0, 0.05) is 38.4 Å². The van der Waals surface area contributed by atoms with E-state index in [0.29, 0.717) is 26.1 Å². The van der Waals surface area contributed by atoms with Gasteiger partial charge in [-0.2, -0.15) is 0 Å². The third-order valence-corrected chi connectivity index (χ3v) is 6.20. The first kappa shape index (κ1) is 22.5. The number of benzene rings is 2. The molecule has 2 heterocycles. The smallest absolute Gasteiger partial charge is 0.245 e. The van der Waals surface area contributed by atoms with Crippen molar-refractivity contribution in [1.82, 2.24) is 14.8 Å². The third-order valence-electron chi connectivity index (χ3n) is 6.20. The predicted octanol–water partition coefficient (Wildman–Crippen LogP) is 3.60. The second-order valence-corrected chi connectivity index (χ2v) is 8.15. The number of aromatic nitrogens is 1. The van der Waals surface area contributed by atoms with Crippen molar-refractivity contribution < 1.29 is 14.3 Å². The van der Waals surface area contributed by atoms with E-state index < -0.39 is 6.04 Å². The summed E-state index contributed by atoms with van der Waals surface area (Å²) in [5.74, 6) is 0.682.